The lowest BCUT2D eigenvalue weighted by Crippen LogP contribution is -2.23. The fourth-order valence-electron chi connectivity index (χ4n) is 2.46. The molecule has 0 aliphatic heterocycles. The number of hydrogen-bond donors (Lipinski definition) is 2. The maximum atomic E-state index is 13.3. The van der Waals surface area contributed by atoms with Gasteiger partial charge in [-0.15, -0.1) is 0 Å². The van der Waals surface area contributed by atoms with Crippen molar-refractivity contribution in [2.75, 3.05) is 5.32 Å². The predicted octanol–water partition coefficient (Wildman–Crippen LogP) is 3.85. The molecule has 0 bridgehead atoms. The SMILES string of the molecule is Cc1ccc(CNC(=O)c2cncc(C(=O)Nc3ccc(F)c(F)c3)c2)cc1. The summed E-state index contributed by atoms with van der Waals surface area (Å²) in [5, 5.41) is 5.20. The molecule has 2 N–H and O–H groups in total. The average molecular weight is 381 g/mol. The first-order chi connectivity index (χ1) is 13.4. The third-order valence-electron chi connectivity index (χ3n) is 4.01. The molecule has 0 aliphatic rings. The summed E-state index contributed by atoms with van der Waals surface area (Å²) in [5.41, 5.74) is 2.49. The minimum absolute atomic E-state index is 0.0955. The monoisotopic (exact) mass is 381 g/mol. The number of carbonyl (C=O) groups excluding carboxylic acids is 2. The highest BCUT2D eigenvalue weighted by Gasteiger charge is 2.12. The molecule has 2 amide bonds. The van der Waals surface area contributed by atoms with Gasteiger partial charge in [-0.1, -0.05) is 29.8 Å². The Hall–Kier alpha value is -3.61. The van der Waals surface area contributed by atoms with Gasteiger partial charge in [-0.05, 0) is 30.7 Å². The quantitative estimate of drug-likeness (QED) is 0.705. The number of hydrogen-bond acceptors (Lipinski definition) is 3. The Morgan fingerprint density at radius 1 is 0.893 bits per heavy atom. The molecule has 0 aliphatic carbocycles. The smallest absolute Gasteiger partial charge is 0.257 e. The van der Waals surface area contributed by atoms with Crippen molar-refractivity contribution in [3.8, 4) is 0 Å². The summed E-state index contributed by atoms with van der Waals surface area (Å²) in [4.78, 5) is 28.5. The zero-order chi connectivity index (χ0) is 20.1. The van der Waals surface area contributed by atoms with Crippen LogP contribution in [0.1, 0.15) is 31.8 Å². The highest BCUT2D eigenvalue weighted by Crippen LogP contribution is 2.14. The number of benzene rings is 2. The number of nitrogens with one attached hydrogen (secondary N) is 2. The van der Waals surface area contributed by atoms with Crippen molar-refractivity contribution < 1.29 is 18.4 Å². The second-order valence-corrected chi connectivity index (χ2v) is 6.21. The molecule has 0 radical (unpaired) electrons. The maximum Gasteiger partial charge on any atom is 0.257 e. The molecule has 3 rings (SSSR count). The Labute approximate surface area is 160 Å². The molecule has 0 unspecified atom stereocenters. The van der Waals surface area contributed by atoms with E-state index in [9.17, 15) is 18.4 Å². The zero-order valence-electron chi connectivity index (χ0n) is 15.0. The first-order valence-electron chi connectivity index (χ1n) is 8.47. The first-order valence-corrected chi connectivity index (χ1v) is 8.47. The van der Waals surface area contributed by atoms with E-state index in [1.807, 2.05) is 31.2 Å². The molecule has 1 aromatic heterocycles. The van der Waals surface area contributed by atoms with Gasteiger partial charge in [-0.3, -0.25) is 14.6 Å². The van der Waals surface area contributed by atoms with Crippen molar-refractivity contribution in [2.24, 2.45) is 0 Å². The van der Waals surface area contributed by atoms with Crippen LogP contribution in [-0.2, 0) is 6.54 Å². The van der Waals surface area contributed by atoms with Gasteiger partial charge in [-0.2, -0.15) is 0 Å². The van der Waals surface area contributed by atoms with E-state index in [2.05, 4.69) is 15.6 Å². The van der Waals surface area contributed by atoms with E-state index >= 15 is 0 Å². The molecule has 142 valence electrons. The lowest BCUT2D eigenvalue weighted by atomic mass is 10.1. The van der Waals surface area contributed by atoms with Crippen LogP contribution in [0.15, 0.2) is 60.9 Å². The van der Waals surface area contributed by atoms with Crippen LogP contribution in [0.3, 0.4) is 0 Å². The number of aromatic nitrogens is 1. The van der Waals surface area contributed by atoms with Crippen molar-refractivity contribution in [1.82, 2.24) is 10.3 Å². The Balaban J connectivity index is 1.66. The Morgan fingerprint density at radius 3 is 2.25 bits per heavy atom. The second-order valence-electron chi connectivity index (χ2n) is 6.21. The van der Waals surface area contributed by atoms with E-state index in [-0.39, 0.29) is 22.7 Å². The number of aryl methyl sites for hydroxylation is 1. The normalized spacial score (nSPS) is 10.4. The highest BCUT2D eigenvalue weighted by atomic mass is 19.2. The summed E-state index contributed by atoms with van der Waals surface area (Å²) in [6.45, 7) is 2.31. The van der Waals surface area contributed by atoms with E-state index < -0.39 is 17.5 Å². The summed E-state index contributed by atoms with van der Waals surface area (Å²) in [5.74, 6) is -3.05. The topological polar surface area (TPSA) is 71.1 Å². The fraction of sp³-hybridized carbons (Fsp3) is 0.0952. The Kier molecular flexibility index (Phi) is 5.74. The van der Waals surface area contributed by atoms with Gasteiger partial charge in [0, 0.05) is 30.7 Å². The molecule has 1 heterocycles. The molecule has 0 spiro atoms. The van der Waals surface area contributed by atoms with Crippen LogP contribution < -0.4 is 10.6 Å². The molecule has 7 heteroatoms. The highest BCUT2D eigenvalue weighted by molar-refractivity contribution is 6.05. The van der Waals surface area contributed by atoms with Crippen LogP contribution >= 0.6 is 0 Å². The molecule has 5 nitrogen and oxygen atoms in total. The van der Waals surface area contributed by atoms with Gasteiger partial charge < -0.3 is 10.6 Å². The Bertz CT molecular complexity index is 1020. The van der Waals surface area contributed by atoms with E-state index in [0.717, 1.165) is 23.3 Å². The van der Waals surface area contributed by atoms with E-state index in [1.54, 1.807) is 0 Å². The van der Waals surface area contributed by atoms with Crippen molar-refractivity contribution in [3.05, 3.63) is 94.8 Å². The third-order valence-corrected chi connectivity index (χ3v) is 4.01. The maximum absolute atomic E-state index is 13.3. The molecule has 0 saturated carbocycles. The first kappa shape index (κ1) is 19.2. The van der Waals surface area contributed by atoms with Crippen LogP contribution in [0.25, 0.3) is 0 Å². The number of carbonyl (C=O) groups is 2. The second kappa shape index (κ2) is 8.39. The van der Waals surface area contributed by atoms with E-state index in [1.165, 1.54) is 24.5 Å². The zero-order valence-corrected chi connectivity index (χ0v) is 15.0. The van der Waals surface area contributed by atoms with Gasteiger partial charge >= 0.3 is 0 Å². The van der Waals surface area contributed by atoms with Gasteiger partial charge in [0.1, 0.15) is 0 Å². The summed E-state index contributed by atoms with van der Waals surface area (Å²) in [6.07, 6.45) is 2.63. The molecule has 2 aromatic carbocycles. The van der Waals surface area contributed by atoms with Gasteiger partial charge in [0.25, 0.3) is 11.8 Å². The molecule has 0 fully saturated rings. The van der Waals surface area contributed by atoms with E-state index in [4.69, 9.17) is 0 Å². The lowest BCUT2D eigenvalue weighted by molar-refractivity contribution is 0.0950. The lowest BCUT2D eigenvalue weighted by Gasteiger charge is -2.08. The van der Waals surface area contributed by atoms with Crippen LogP contribution in [-0.4, -0.2) is 16.8 Å². The molecule has 0 atom stereocenters. The summed E-state index contributed by atoms with van der Waals surface area (Å²) < 4.78 is 26.2. The van der Waals surface area contributed by atoms with Crippen molar-refractivity contribution in [3.63, 3.8) is 0 Å². The largest absolute Gasteiger partial charge is 0.348 e. The van der Waals surface area contributed by atoms with E-state index in [0.29, 0.717) is 6.54 Å². The number of rotatable bonds is 5. The predicted molar refractivity (Wildman–Crippen MR) is 101 cm³/mol. The average Bonchev–Trinajstić information content (AvgIpc) is 2.70. The van der Waals surface area contributed by atoms with Crippen LogP contribution in [0, 0.1) is 18.6 Å². The third kappa shape index (κ3) is 4.76. The van der Waals surface area contributed by atoms with Crippen molar-refractivity contribution in [1.29, 1.82) is 0 Å². The standard InChI is InChI=1S/C21H17F2N3O2/c1-13-2-4-14(5-3-13)10-25-20(27)15-8-16(12-24-11-15)21(28)26-17-6-7-18(22)19(23)9-17/h2-9,11-12H,10H2,1H3,(H,25,27)(H,26,28). The van der Waals surface area contributed by atoms with Gasteiger partial charge in [0.2, 0.25) is 0 Å². The van der Waals surface area contributed by atoms with Crippen LogP contribution in [0.5, 0.6) is 0 Å². The van der Waals surface area contributed by atoms with Crippen LogP contribution in [0.4, 0.5) is 14.5 Å². The molecule has 3 aromatic rings. The molecular formula is C21H17F2N3O2. The summed E-state index contributed by atoms with van der Waals surface area (Å²) in [7, 11) is 0. The summed E-state index contributed by atoms with van der Waals surface area (Å²) >= 11 is 0. The molecule has 0 saturated heterocycles. The van der Waals surface area contributed by atoms with Crippen molar-refractivity contribution in [2.45, 2.75) is 13.5 Å². The number of pyridine rings is 1. The summed E-state index contributed by atoms with van der Waals surface area (Å²) in [6, 6.07) is 12.1. The minimum atomic E-state index is -1.07. The number of amides is 2. The minimum Gasteiger partial charge on any atom is -0.348 e. The molecule has 28 heavy (non-hydrogen) atoms. The van der Waals surface area contributed by atoms with Gasteiger partial charge in [-0.25, -0.2) is 8.78 Å². The number of halogens is 2. The van der Waals surface area contributed by atoms with Gasteiger partial charge in [0.15, 0.2) is 11.6 Å². The number of anilines is 1. The fourth-order valence-corrected chi connectivity index (χ4v) is 2.46. The van der Waals surface area contributed by atoms with Crippen LogP contribution in [0.2, 0.25) is 0 Å². The Morgan fingerprint density at radius 2 is 1.57 bits per heavy atom. The van der Waals surface area contributed by atoms with Crippen molar-refractivity contribution >= 4 is 17.5 Å². The number of nitrogens with zero attached hydrogens (tertiary/aromatic N) is 1. The molecular weight excluding hydrogens is 364 g/mol. The van der Waals surface area contributed by atoms with Gasteiger partial charge in [0.05, 0.1) is 11.1 Å².